The molecule has 8 nitrogen and oxygen atoms in total. The fourth-order valence-electron chi connectivity index (χ4n) is 3.72. The minimum absolute atomic E-state index is 0.346. The highest BCUT2D eigenvalue weighted by Crippen LogP contribution is 2.33. The number of halogens is 1. The van der Waals surface area contributed by atoms with E-state index in [1.807, 2.05) is 0 Å². The number of amides is 1. The molecule has 0 atom stereocenters. The molecular weight excluding hydrogens is 440 g/mol. The van der Waals surface area contributed by atoms with Gasteiger partial charge in [0.2, 0.25) is 0 Å². The lowest BCUT2D eigenvalue weighted by Gasteiger charge is -2.27. The van der Waals surface area contributed by atoms with Gasteiger partial charge in [0, 0.05) is 36.8 Å². The van der Waals surface area contributed by atoms with Gasteiger partial charge in [-0.25, -0.2) is 4.98 Å². The number of primary amides is 1. The third-order valence-corrected chi connectivity index (χ3v) is 6.01. The molecule has 2 aromatic heterocycles. The first kappa shape index (κ1) is 21.7. The van der Waals surface area contributed by atoms with Crippen molar-refractivity contribution in [3.63, 3.8) is 0 Å². The summed E-state index contributed by atoms with van der Waals surface area (Å²) in [6, 6.07) is 0. The third kappa shape index (κ3) is 4.62. The van der Waals surface area contributed by atoms with Crippen LogP contribution in [0.4, 0.5) is 0 Å². The fourth-order valence-corrected chi connectivity index (χ4v) is 4.22. The molecule has 0 radical (unpaired) electrons. The van der Waals surface area contributed by atoms with Crippen LogP contribution in [-0.4, -0.2) is 58.3 Å². The van der Waals surface area contributed by atoms with Crippen LogP contribution >= 0.6 is 15.9 Å². The van der Waals surface area contributed by atoms with Crippen LogP contribution < -0.4 is 11.3 Å². The molecule has 1 aliphatic rings. The number of hydrogen-bond acceptors (Lipinski definition) is 6. The molecule has 1 saturated heterocycles. The SMILES string of the molecule is CCCCCc1c(Br)cnc2c1c(O)c(C(N)=O)c(=O)n2CCN1CCOCC1. The molecule has 1 amide bonds. The summed E-state index contributed by atoms with van der Waals surface area (Å²) in [6.07, 6.45) is 5.37. The molecule has 158 valence electrons. The molecule has 0 spiro atoms. The monoisotopic (exact) mass is 466 g/mol. The van der Waals surface area contributed by atoms with Gasteiger partial charge in [0.1, 0.15) is 17.0 Å². The molecule has 2 aromatic rings. The third-order valence-electron chi connectivity index (χ3n) is 5.32. The average molecular weight is 467 g/mol. The summed E-state index contributed by atoms with van der Waals surface area (Å²) in [4.78, 5) is 31.6. The predicted molar refractivity (Wildman–Crippen MR) is 114 cm³/mol. The van der Waals surface area contributed by atoms with Gasteiger partial charge in [0.25, 0.3) is 11.5 Å². The lowest BCUT2D eigenvalue weighted by Crippen LogP contribution is -2.40. The molecule has 0 bridgehead atoms. The first-order chi connectivity index (χ1) is 14.0. The molecule has 29 heavy (non-hydrogen) atoms. The smallest absolute Gasteiger partial charge is 0.268 e. The summed E-state index contributed by atoms with van der Waals surface area (Å²) in [7, 11) is 0. The fraction of sp³-hybridized carbons (Fsp3) is 0.550. The Bertz CT molecular complexity index is 954. The molecule has 3 heterocycles. The Hall–Kier alpha value is -1.97. The molecule has 1 fully saturated rings. The summed E-state index contributed by atoms with van der Waals surface area (Å²) in [5.41, 5.74) is 5.68. The number of aryl methyl sites for hydroxylation is 1. The van der Waals surface area contributed by atoms with Crippen molar-refractivity contribution in [2.75, 3.05) is 32.8 Å². The van der Waals surface area contributed by atoms with Crippen LogP contribution in [0.15, 0.2) is 15.5 Å². The Morgan fingerprint density at radius 3 is 2.69 bits per heavy atom. The number of morpholine rings is 1. The minimum atomic E-state index is -0.936. The van der Waals surface area contributed by atoms with E-state index in [9.17, 15) is 14.7 Å². The Labute approximate surface area is 177 Å². The van der Waals surface area contributed by atoms with Crippen LogP contribution in [0.25, 0.3) is 11.0 Å². The van der Waals surface area contributed by atoms with Crippen molar-refractivity contribution in [1.29, 1.82) is 0 Å². The van der Waals surface area contributed by atoms with E-state index >= 15 is 0 Å². The van der Waals surface area contributed by atoms with Gasteiger partial charge >= 0.3 is 0 Å². The summed E-state index contributed by atoms with van der Waals surface area (Å²) in [5, 5.41) is 11.2. The van der Waals surface area contributed by atoms with Crippen molar-refractivity contribution < 1.29 is 14.6 Å². The maximum atomic E-state index is 13.0. The second kappa shape index (κ2) is 9.69. The first-order valence-electron chi connectivity index (χ1n) is 9.98. The molecular formula is C20H27BrN4O4. The van der Waals surface area contributed by atoms with Gasteiger partial charge in [-0.05, 0) is 34.3 Å². The zero-order chi connectivity index (χ0) is 21.0. The van der Waals surface area contributed by atoms with E-state index in [-0.39, 0.29) is 11.3 Å². The molecule has 9 heteroatoms. The number of aromatic nitrogens is 2. The zero-order valence-electron chi connectivity index (χ0n) is 16.6. The topological polar surface area (TPSA) is 111 Å². The van der Waals surface area contributed by atoms with Crippen LogP contribution in [0.1, 0.15) is 42.1 Å². The Kier molecular flexibility index (Phi) is 7.26. The maximum absolute atomic E-state index is 13.0. The van der Waals surface area contributed by atoms with Crippen molar-refractivity contribution in [2.45, 2.75) is 39.2 Å². The van der Waals surface area contributed by atoms with Crippen molar-refractivity contribution in [3.05, 3.63) is 32.2 Å². The Morgan fingerprint density at radius 2 is 2.03 bits per heavy atom. The lowest BCUT2D eigenvalue weighted by molar-refractivity contribution is 0.0364. The highest BCUT2D eigenvalue weighted by atomic mass is 79.9. The number of fused-ring (bicyclic) bond motifs is 1. The van der Waals surface area contributed by atoms with Crippen LogP contribution in [0.2, 0.25) is 0 Å². The molecule has 1 aliphatic heterocycles. The Morgan fingerprint density at radius 1 is 1.31 bits per heavy atom. The van der Waals surface area contributed by atoms with Crippen LogP contribution in [0, 0.1) is 0 Å². The molecule has 0 aromatic carbocycles. The van der Waals surface area contributed by atoms with Gasteiger partial charge in [-0.2, -0.15) is 0 Å². The molecule has 3 N–H and O–H groups in total. The van der Waals surface area contributed by atoms with Gasteiger partial charge in [-0.1, -0.05) is 19.8 Å². The normalized spacial score (nSPS) is 15.1. The minimum Gasteiger partial charge on any atom is -0.506 e. The van der Waals surface area contributed by atoms with Crippen molar-refractivity contribution in [2.24, 2.45) is 5.73 Å². The number of unbranched alkanes of at least 4 members (excludes halogenated alkanes) is 2. The van der Waals surface area contributed by atoms with Crippen LogP contribution in [0.5, 0.6) is 5.75 Å². The van der Waals surface area contributed by atoms with E-state index in [1.165, 1.54) is 4.57 Å². The van der Waals surface area contributed by atoms with Gasteiger partial charge in [-0.15, -0.1) is 0 Å². The highest BCUT2D eigenvalue weighted by molar-refractivity contribution is 9.10. The number of ether oxygens (including phenoxy) is 1. The molecule has 0 unspecified atom stereocenters. The quantitative estimate of drug-likeness (QED) is 0.575. The lowest BCUT2D eigenvalue weighted by atomic mass is 10.0. The maximum Gasteiger partial charge on any atom is 0.268 e. The number of nitrogens with two attached hydrogens (primary N) is 1. The summed E-state index contributed by atoms with van der Waals surface area (Å²) in [5.74, 6) is -1.31. The van der Waals surface area contributed by atoms with Crippen molar-refractivity contribution >= 4 is 32.9 Å². The summed E-state index contributed by atoms with van der Waals surface area (Å²) < 4.78 is 7.57. The molecule has 0 saturated carbocycles. The predicted octanol–water partition coefficient (Wildman–Crippen LogP) is 2.03. The number of carbonyl (C=O) groups is 1. The molecule has 3 rings (SSSR count). The van der Waals surface area contributed by atoms with E-state index in [0.29, 0.717) is 43.8 Å². The van der Waals surface area contributed by atoms with Gasteiger partial charge in [0.15, 0.2) is 0 Å². The van der Waals surface area contributed by atoms with E-state index in [4.69, 9.17) is 10.5 Å². The van der Waals surface area contributed by atoms with Crippen LogP contribution in [0.3, 0.4) is 0 Å². The first-order valence-corrected chi connectivity index (χ1v) is 10.8. The Balaban J connectivity index is 2.12. The van der Waals surface area contributed by atoms with Gasteiger partial charge in [0.05, 0.1) is 18.6 Å². The number of rotatable bonds is 8. The van der Waals surface area contributed by atoms with Gasteiger partial charge < -0.3 is 15.6 Å². The van der Waals surface area contributed by atoms with E-state index in [2.05, 4.69) is 32.7 Å². The van der Waals surface area contributed by atoms with E-state index < -0.39 is 11.5 Å². The van der Waals surface area contributed by atoms with Crippen LogP contribution in [-0.2, 0) is 17.7 Å². The second-order valence-electron chi connectivity index (χ2n) is 7.24. The largest absolute Gasteiger partial charge is 0.506 e. The number of pyridine rings is 2. The van der Waals surface area contributed by atoms with Gasteiger partial charge in [-0.3, -0.25) is 19.1 Å². The number of nitrogens with zero attached hydrogens (tertiary/aromatic N) is 3. The van der Waals surface area contributed by atoms with Crippen molar-refractivity contribution in [3.8, 4) is 5.75 Å². The highest BCUT2D eigenvalue weighted by Gasteiger charge is 2.24. The van der Waals surface area contributed by atoms with Crippen molar-refractivity contribution in [1.82, 2.24) is 14.5 Å². The second-order valence-corrected chi connectivity index (χ2v) is 8.09. The number of hydrogen-bond donors (Lipinski definition) is 2. The summed E-state index contributed by atoms with van der Waals surface area (Å²) >= 11 is 3.51. The average Bonchev–Trinajstić information content (AvgIpc) is 2.70. The number of carbonyl (C=O) groups excluding carboxylic acids is 1. The standard InChI is InChI=1S/C20H27BrN4O4/c1-2-3-4-5-13-14(21)12-23-19-15(13)17(26)16(18(22)27)20(28)25(19)7-6-24-8-10-29-11-9-24/h12,26H,2-11H2,1H3,(H2,22,27). The number of aromatic hydroxyl groups is 1. The van der Waals surface area contributed by atoms with E-state index in [0.717, 1.165) is 42.4 Å². The zero-order valence-corrected chi connectivity index (χ0v) is 18.2. The van der Waals surface area contributed by atoms with E-state index in [1.54, 1.807) is 6.20 Å². The molecule has 0 aliphatic carbocycles. The summed E-state index contributed by atoms with van der Waals surface area (Å²) in [6.45, 7) is 5.97.